The van der Waals surface area contributed by atoms with Crippen molar-refractivity contribution in [3.05, 3.63) is 59.1 Å². The molecule has 0 saturated carbocycles. The molecule has 1 amide bonds. The maximum absolute atomic E-state index is 12.2. The van der Waals surface area contributed by atoms with Crippen molar-refractivity contribution >= 4 is 35.0 Å². The fourth-order valence-corrected chi connectivity index (χ4v) is 3.62. The first-order valence-corrected chi connectivity index (χ1v) is 10.7. The molecule has 0 radical (unpaired) electrons. The molecule has 156 valence electrons. The molecule has 3 rings (SSSR count). The summed E-state index contributed by atoms with van der Waals surface area (Å²) in [5, 5.41) is 14.0. The van der Waals surface area contributed by atoms with Gasteiger partial charge in [-0.15, -0.1) is 10.2 Å². The number of hydrogen-bond acceptors (Lipinski definition) is 6. The Bertz CT molecular complexity index is 1030. The molecule has 1 N–H and O–H groups in total. The third kappa shape index (κ3) is 5.40. The Hall–Kier alpha value is -2.84. The van der Waals surface area contributed by atoms with Crippen molar-refractivity contribution in [3.8, 4) is 17.1 Å². The van der Waals surface area contributed by atoms with Crippen LogP contribution in [0.2, 0.25) is 5.02 Å². The molecule has 0 atom stereocenters. The Balaban J connectivity index is 1.62. The lowest BCUT2D eigenvalue weighted by Crippen LogP contribution is -2.21. The highest BCUT2D eigenvalue weighted by Crippen LogP contribution is 2.25. The predicted octanol–water partition coefficient (Wildman–Crippen LogP) is 4.26. The van der Waals surface area contributed by atoms with Crippen LogP contribution in [0.5, 0.6) is 5.75 Å². The average Bonchev–Trinajstić information content (AvgIpc) is 3.19. The molecular weight excluding hydrogens is 422 g/mol. The number of ether oxygens (including phenoxy) is 1. The molecule has 0 aliphatic heterocycles. The third-order valence-corrected chi connectivity index (χ3v) is 5.54. The van der Waals surface area contributed by atoms with Crippen LogP contribution >= 0.6 is 23.4 Å². The number of benzene rings is 2. The van der Waals surface area contributed by atoms with Gasteiger partial charge in [-0.3, -0.25) is 4.79 Å². The van der Waals surface area contributed by atoms with Gasteiger partial charge in [-0.2, -0.15) is 5.10 Å². The van der Waals surface area contributed by atoms with E-state index in [1.165, 1.54) is 11.8 Å². The normalized spacial score (nSPS) is 11.4. The molecular formula is C21H22ClN5O2S. The van der Waals surface area contributed by atoms with Gasteiger partial charge in [0.15, 0.2) is 11.0 Å². The van der Waals surface area contributed by atoms with E-state index in [9.17, 15) is 4.79 Å². The van der Waals surface area contributed by atoms with Crippen molar-refractivity contribution in [1.82, 2.24) is 20.2 Å². The minimum atomic E-state index is -0.218. The zero-order valence-electron chi connectivity index (χ0n) is 16.9. The molecule has 9 heteroatoms. The number of methoxy groups -OCH3 is 1. The Morgan fingerprint density at radius 2 is 1.87 bits per heavy atom. The van der Waals surface area contributed by atoms with Gasteiger partial charge in [-0.1, -0.05) is 35.5 Å². The van der Waals surface area contributed by atoms with Gasteiger partial charge in [0.1, 0.15) is 5.75 Å². The van der Waals surface area contributed by atoms with Gasteiger partial charge in [-0.05, 0) is 55.8 Å². The van der Waals surface area contributed by atoms with E-state index in [-0.39, 0.29) is 11.7 Å². The Morgan fingerprint density at radius 1 is 1.17 bits per heavy atom. The highest BCUT2D eigenvalue weighted by Gasteiger charge is 2.14. The fraction of sp³-hybridized carbons (Fsp3) is 0.238. The van der Waals surface area contributed by atoms with Crippen molar-refractivity contribution in [2.75, 3.05) is 12.9 Å². The molecule has 0 saturated heterocycles. The maximum Gasteiger partial charge on any atom is 0.250 e. The second-order valence-corrected chi connectivity index (χ2v) is 7.69. The number of thioether (sulfide) groups is 1. The number of halogens is 1. The Kier molecular flexibility index (Phi) is 7.48. The first-order valence-electron chi connectivity index (χ1n) is 9.31. The zero-order valence-corrected chi connectivity index (χ0v) is 18.5. The molecule has 1 aromatic heterocycles. The number of nitrogens with zero attached hydrogens (tertiary/aromatic N) is 4. The first kappa shape index (κ1) is 21.9. The van der Waals surface area contributed by atoms with Crippen LogP contribution in [0.25, 0.3) is 11.4 Å². The summed E-state index contributed by atoms with van der Waals surface area (Å²) in [6, 6.07) is 14.9. The van der Waals surface area contributed by atoms with Gasteiger partial charge in [0, 0.05) is 17.1 Å². The lowest BCUT2D eigenvalue weighted by atomic mass is 10.1. The number of hydrogen-bond donors (Lipinski definition) is 1. The van der Waals surface area contributed by atoms with Crippen LogP contribution in [0.4, 0.5) is 0 Å². The summed E-state index contributed by atoms with van der Waals surface area (Å²) in [5.74, 6) is 1.49. The van der Waals surface area contributed by atoms with Gasteiger partial charge >= 0.3 is 0 Å². The van der Waals surface area contributed by atoms with E-state index < -0.39 is 0 Å². The van der Waals surface area contributed by atoms with E-state index in [2.05, 4.69) is 20.7 Å². The SMILES string of the molecule is CCn1c(SCC(=O)N/N=C(/C)c2ccc(Cl)cc2)nnc1-c1ccc(OC)cc1. The molecule has 30 heavy (non-hydrogen) atoms. The van der Waals surface area contributed by atoms with Gasteiger partial charge in [0.05, 0.1) is 18.6 Å². The second-order valence-electron chi connectivity index (χ2n) is 6.31. The predicted molar refractivity (Wildman–Crippen MR) is 120 cm³/mol. The summed E-state index contributed by atoms with van der Waals surface area (Å²) < 4.78 is 7.17. The van der Waals surface area contributed by atoms with Crippen LogP contribution < -0.4 is 10.2 Å². The van der Waals surface area contributed by atoms with E-state index in [4.69, 9.17) is 16.3 Å². The highest BCUT2D eigenvalue weighted by atomic mass is 35.5. The number of amides is 1. The summed E-state index contributed by atoms with van der Waals surface area (Å²) in [7, 11) is 1.63. The molecule has 0 aliphatic carbocycles. The van der Waals surface area contributed by atoms with Crippen molar-refractivity contribution in [3.63, 3.8) is 0 Å². The third-order valence-electron chi connectivity index (χ3n) is 4.32. The second kappa shape index (κ2) is 10.3. The van der Waals surface area contributed by atoms with E-state index in [1.807, 2.05) is 54.8 Å². The molecule has 7 nitrogen and oxygen atoms in total. The standard InChI is InChI=1S/C21H22ClN5O2S/c1-4-27-20(16-7-11-18(29-3)12-8-16)25-26-21(27)30-13-19(28)24-23-14(2)15-5-9-17(22)10-6-15/h5-12H,4,13H2,1-3H3,(H,24,28)/b23-14-. The van der Waals surface area contributed by atoms with Crippen molar-refractivity contribution in [1.29, 1.82) is 0 Å². The van der Waals surface area contributed by atoms with Crippen LogP contribution in [-0.4, -0.2) is 39.2 Å². The monoisotopic (exact) mass is 443 g/mol. The Morgan fingerprint density at radius 3 is 2.50 bits per heavy atom. The van der Waals surface area contributed by atoms with Gasteiger partial charge in [0.25, 0.3) is 5.91 Å². The van der Waals surface area contributed by atoms with Crippen LogP contribution in [0, 0.1) is 0 Å². The summed E-state index contributed by atoms with van der Waals surface area (Å²) >= 11 is 7.21. The molecule has 2 aromatic carbocycles. The number of rotatable bonds is 8. The van der Waals surface area contributed by atoms with E-state index in [0.717, 1.165) is 22.7 Å². The lowest BCUT2D eigenvalue weighted by molar-refractivity contribution is -0.118. The van der Waals surface area contributed by atoms with E-state index in [1.54, 1.807) is 19.2 Å². The number of carbonyl (C=O) groups excluding carboxylic acids is 1. The van der Waals surface area contributed by atoms with Gasteiger partial charge < -0.3 is 9.30 Å². The lowest BCUT2D eigenvalue weighted by Gasteiger charge is -2.08. The molecule has 0 fully saturated rings. The minimum Gasteiger partial charge on any atom is -0.497 e. The van der Waals surface area contributed by atoms with Gasteiger partial charge in [0.2, 0.25) is 0 Å². The summed E-state index contributed by atoms with van der Waals surface area (Å²) in [4.78, 5) is 12.2. The topological polar surface area (TPSA) is 81.4 Å². The van der Waals surface area contributed by atoms with Crippen LogP contribution in [0.1, 0.15) is 19.4 Å². The van der Waals surface area contributed by atoms with Crippen molar-refractivity contribution in [2.45, 2.75) is 25.5 Å². The van der Waals surface area contributed by atoms with Crippen LogP contribution in [0.3, 0.4) is 0 Å². The quantitative estimate of drug-likeness (QED) is 0.319. The molecule has 0 spiro atoms. The molecule has 1 heterocycles. The smallest absolute Gasteiger partial charge is 0.250 e. The summed E-state index contributed by atoms with van der Waals surface area (Å²) in [6.45, 7) is 4.53. The fourth-order valence-electron chi connectivity index (χ4n) is 2.70. The number of nitrogens with one attached hydrogen (secondary N) is 1. The summed E-state index contributed by atoms with van der Waals surface area (Å²) in [6.07, 6.45) is 0. The van der Waals surface area contributed by atoms with E-state index in [0.29, 0.717) is 22.4 Å². The summed E-state index contributed by atoms with van der Waals surface area (Å²) in [5.41, 5.74) is 5.10. The van der Waals surface area contributed by atoms with Crippen molar-refractivity contribution in [2.24, 2.45) is 5.10 Å². The highest BCUT2D eigenvalue weighted by molar-refractivity contribution is 7.99. The van der Waals surface area contributed by atoms with Gasteiger partial charge in [-0.25, -0.2) is 5.43 Å². The molecule has 0 bridgehead atoms. The zero-order chi connectivity index (χ0) is 21.5. The molecule has 0 aliphatic rings. The number of carbonyl (C=O) groups is 1. The van der Waals surface area contributed by atoms with E-state index >= 15 is 0 Å². The largest absolute Gasteiger partial charge is 0.497 e. The van der Waals surface area contributed by atoms with Crippen LogP contribution in [-0.2, 0) is 11.3 Å². The Labute approximate surface area is 184 Å². The van der Waals surface area contributed by atoms with Crippen LogP contribution in [0.15, 0.2) is 58.8 Å². The molecule has 3 aromatic rings. The maximum atomic E-state index is 12.2. The minimum absolute atomic E-state index is 0.179. The first-order chi connectivity index (χ1) is 14.5. The number of aromatic nitrogens is 3. The molecule has 0 unspecified atom stereocenters. The number of hydrazone groups is 1. The average molecular weight is 444 g/mol. The van der Waals surface area contributed by atoms with Crippen molar-refractivity contribution < 1.29 is 9.53 Å².